The minimum atomic E-state index is -0.281. The monoisotopic (exact) mass is 563 g/mol. The molecule has 32 heavy (non-hydrogen) atoms. The van der Waals surface area contributed by atoms with Gasteiger partial charge in [0.2, 0.25) is 0 Å². The summed E-state index contributed by atoms with van der Waals surface area (Å²) in [6, 6.07) is 5.27. The zero-order valence-corrected chi connectivity index (χ0v) is 21.3. The maximum atomic E-state index is 14.7. The first-order valence-corrected chi connectivity index (χ1v) is 11.2. The highest BCUT2D eigenvalue weighted by atomic mass is 127. The molecule has 2 heterocycles. The van der Waals surface area contributed by atoms with E-state index in [9.17, 15) is 14.3 Å². The SMILES string of the molecule is CCNC(=NCc1ccc(N2CCC(O)CC2)c(F)c1)N1CCN(C(=O)OCC)CC1.I. The molecule has 2 fully saturated rings. The first-order chi connectivity index (χ1) is 15.0. The molecule has 0 unspecified atom stereocenters. The van der Waals surface area contributed by atoms with Crippen molar-refractivity contribution in [2.45, 2.75) is 39.3 Å². The first-order valence-electron chi connectivity index (χ1n) is 11.2. The Morgan fingerprint density at radius 2 is 1.81 bits per heavy atom. The van der Waals surface area contributed by atoms with Crippen molar-refractivity contribution in [1.29, 1.82) is 0 Å². The molecule has 0 spiro atoms. The molecule has 0 aromatic heterocycles. The summed E-state index contributed by atoms with van der Waals surface area (Å²) in [5, 5.41) is 12.9. The Morgan fingerprint density at radius 3 is 2.41 bits per heavy atom. The van der Waals surface area contributed by atoms with Crippen molar-refractivity contribution in [2.24, 2.45) is 4.99 Å². The zero-order chi connectivity index (χ0) is 22.2. The molecule has 0 aliphatic carbocycles. The summed E-state index contributed by atoms with van der Waals surface area (Å²) < 4.78 is 19.8. The number of piperazine rings is 1. The normalized spacial score (nSPS) is 17.8. The van der Waals surface area contributed by atoms with Crippen molar-refractivity contribution in [3.8, 4) is 0 Å². The average molecular weight is 563 g/mol. The Hall–Kier alpha value is -1.82. The van der Waals surface area contributed by atoms with E-state index in [1.54, 1.807) is 17.9 Å². The number of carbonyl (C=O) groups is 1. The van der Waals surface area contributed by atoms with E-state index in [0.717, 1.165) is 18.1 Å². The molecule has 1 aromatic rings. The number of aliphatic imine (C=N–C) groups is 1. The van der Waals surface area contributed by atoms with Crippen LogP contribution in [-0.4, -0.2) is 85.5 Å². The highest BCUT2D eigenvalue weighted by Gasteiger charge is 2.24. The number of aliphatic hydroxyl groups is 1. The summed E-state index contributed by atoms with van der Waals surface area (Å²) in [4.78, 5) is 22.4. The lowest BCUT2D eigenvalue weighted by Gasteiger charge is -2.35. The third-order valence-electron chi connectivity index (χ3n) is 5.67. The zero-order valence-electron chi connectivity index (χ0n) is 18.9. The number of anilines is 1. The van der Waals surface area contributed by atoms with Crippen LogP contribution in [0.25, 0.3) is 0 Å². The van der Waals surface area contributed by atoms with E-state index < -0.39 is 0 Å². The Morgan fingerprint density at radius 1 is 1.16 bits per heavy atom. The molecule has 2 saturated heterocycles. The highest BCUT2D eigenvalue weighted by Crippen LogP contribution is 2.24. The third kappa shape index (κ3) is 7.09. The predicted octanol–water partition coefficient (Wildman–Crippen LogP) is 2.64. The van der Waals surface area contributed by atoms with E-state index in [2.05, 4.69) is 10.2 Å². The second-order valence-corrected chi connectivity index (χ2v) is 7.85. The van der Waals surface area contributed by atoms with Crippen LogP contribution in [0, 0.1) is 5.82 Å². The van der Waals surface area contributed by atoms with Crippen LogP contribution < -0.4 is 10.2 Å². The maximum Gasteiger partial charge on any atom is 0.409 e. The minimum absolute atomic E-state index is 0. The number of halogens is 2. The Kier molecular flexibility index (Phi) is 10.8. The maximum absolute atomic E-state index is 14.7. The molecule has 8 nitrogen and oxygen atoms in total. The second-order valence-electron chi connectivity index (χ2n) is 7.85. The van der Waals surface area contributed by atoms with E-state index in [1.807, 2.05) is 24.0 Å². The lowest BCUT2D eigenvalue weighted by atomic mass is 10.1. The molecule has 2 aliphatic rings. The molecule has 1 aromatic carbocycles. The molecule has 2 N–H and O–H groups in total. The van der Waals surface area contributed by atoms with E-state index in [0.29, 0.717) is 70.9 Å². The largest absolute Gasteiger partial charge is 0.450 e. The number of rotatable bonds is 5. The Labute approximate surface area is 206 Å². The first kappa shape index (κ1) is 26.4. The number of piperidine rings is 1. The second kappa shape index (κ2) is 13.0. The van der Waals surface area contributed by atoms with Gasteiger partial charge in [-0.3, -0.25) is 0 Å². The lowest BCUT2D eigenvalue weighted by Crippen LogP contribution is -2.53. The minimum Gasteiger partial charge on any atom is -0.450 e. The van der Waals surface area contributed by atoms with Crippen LogP contribution in [0.3, 0.4) is 0 Å². The number of ether oxygens (including phenoxy) is 1. The molecule has 0 radical (unpaired) electrons. The number of aliphatic hydroxyl groups excluding tert-OH is 1. The summed E-state index contributed by atoms with van der Waals surface area (Å²) in [5.74, 6) is 0.512. The molecular formula is C22H35FIN5O3. The van der Waals surface area contributed by atoms with Gasteiger partial charge in [-0.25, -0.2) is 14.2 Å². The van der Waals surface area contributed by atoms with E-state index in [1.165, 1.54) is 0 Å². The fourth-order valence-corrected chi connectivity index (χ4v) is 3.92. The molecule has 3 rings (SSSR count). The van der Waals surface area contributed by atoms with Crippen molar-refractivity contribution in [2.75, 3.05) is 57.3 Å². The number of carbonyl (C=O) groups excluding carboxylic acids is 1. The molecule has 0 atom stereocenters. The standard InChI is InChI=1S/C22H34FN5O3.HI/c1-3-24-21(27-11-13-28(14-12-27)22(30)31-4-2)25-16-17-5-6-20(19(23)15-17)26-9-7-18(29)8-10-26;/h5-6,15,18,29H,3-4,7-14,16H2,1-2H3,(H,24,25);1H. The van der Waals surface area contributed by atoms with Gasteiger partial charge >= 0.3 is 6.09 Å². The van der Waals surface area contributed by atoms with Crippen LogP contribution >= 0.6 is 24.0 Å². The fourth-order valence-electron chi connectivity index (χ4n) is 3.92. The number of hydrogen-bond acceptors (Lipinski definition) is 5. The topological polar surface area (TPSA) is 80.6 Å². The van der Waals surface area contributed by atoms with Gasteiger partial charge in [0.15, 0.2) is 5.96 Å². The highest BCUT2D eigenvalue weighted by molar-refractivity contribution is 14.0. The van der Waals surface area contributed by atoms with Gasteiger partial charge in [0, 0.05) is 45.8 Å². The third-order valence-corrected chi connectivity index (χ3v) is 5.67. The van der Waals surface area contributed by atoms with E-state index in [-0.39, 0.29) is 42.0 Å². The van der Waals surface area contributed by atoms with Gasteiger partial charge in [-0.1, -0.05) is 6.07 Å². The van der Waals surface area contributed by atoms with E-state index >= 15 is 0 Å². The molecule has 2 aliphatic heterocycles. The van der Waals surface area contributed by atoms with Gasteiger partial charge < -0.3 is 29.9 Å². The molecular weight excluding hydrogens is 528 g/mol. The van der Waals surface area contributed by atoms with Crippen molar-refractivity contribution in [3.05, 3.63) is 29.6 Å². The van der Waals surface area contributed by atoms with Crippen molar-refractivity contribution >= 4 is 41.7 Å². The van der Waals surface area contributed by atoms with Crippen molar-refractivity contribution in [3.63, 3.8) is 0 Å². The lowest BCUT2D eigenvalue weighted by molar-refractivity contribution is 0.0914. The van der Waals surface area contributed by atoms with Gasteiger partial charge in [0.1, 0.15) is 5.82 Å². The smallest absolute Gasteiger partial charge is 0.409 e. The van der Waals surface area contributed by atoms with Gasteiger partial charge in [-0.05, 0) is 44.4 Å². The molecule has 1 amide bonds. The number of nitrogens with one attached hydrogen (secondary N) is 1. The molecule has 0 bridgehead atoms. The summed E-state index contributed by atoms with van der Waals surface area (Å²) in [7, 11) is 0. The summed E-state index contributed by atoms with van der Waals surface area (Å²) in [6.07, 6.45) is 0.779. The van der Waals surface area contributed by atoms with Crippen molar-refractivity contribution in [1.82, 2.24) is 15.1 Å². The van der Waals surface area contributed by atoms with Crippen LogP contribution in [-0.2, 0) is 11.3 Å². The Balaban J connectivity index is 0.00000363. The van der Waals surface area contributed by atoms with Crippen LogP contribution in [0.15, 0.2) is 23.2 Å². The summed E-state index contributed by atoms with van der Waals surface area (Å²) in [6.45, 7) is 9.10. The number of benzene rings is 1. The van der Waals surface area contributed by atoms with Crippen LogP contribution in [0.5, 0.6) is 0 Å². The van der Waals surface area contributed by atoms with Crippen LogP contribution in [0.2, 0.25) is 0 Å². The summed E-state index contributed by atoms with van der Waals surface area (Å²) in [5.41, 5.74) is 1.39. The average Bonchev–Trinajstić information content (AvgIpc) is 2.78. The van der Waals surface area contributed by atoms with Gasteiger partial charge in [-0.15, -0.1) is 24.0 Å². The van der Waals surface area contributed by atoms with Gasteiger partial charge in [0.25, 0.3) is 0 Å². The molecule has 180 valence electrons. The number of hydrogen-bond donors (Lipinski definition) is 2. The number of guanidine groups is 1. The van der Waals surface area contributed by atoms with E-state index in [4.69, 9.17) is 9.73 Å². The number of amides is 1. The molecule has 0 saturated carbocycles. The fraction of sp³-hybridized carbons (Fsp3) is 0.636. The van der Waals surface area contributed by atoms with Crippen LogP contribution in [0.4, 0.5) is 14.9 Å². The van der Waals surface area contributed by atoms with Crippen LogP contribution in [0.1, 0.15) is 32.3 Å². The predicted molar refractivity (Wildman–Crippen MR) is 134 cm³/mol. The number of nitrogens with zero attached hydrogens (tertiary/aromatic N) is 4. The van der Waals surface area contributed by atoms with Gasteiger partial charge in [0.05, 0.1) is 24.9 Å². The summed E-state index contributed by atoms with van der Waals surface area (Å²) >= 11 is 0. The Bertz CT molecular complexity index is 766. The molecule has 10 heteroatoms. The quantitative estimate of drug-likeness (QED) is 0.326. The van der Waals surface area contributed by atoms with Gasteiger partial charge in [-0.2, -0.15) is 0 Å². The van der Waals surface area contributed by atoms with Crippen molar-refractivity contribution < 1.29 is 19.0 Å².